The van der Waals surface area contributed by atoms with Crippen LogP contribution in [-0.2, 0) is 51.1 Å². The Balaban J connectivity index is 0.000000710. The van der Waals surface area contributed by atoms with E-state index in [1.165, 1.54) is 19.9 Å². The summed E-state index contributed by atoms with van der Waals surface area (Å²) in [7, 11) is 1.61. The van der Waals surface area contributed by atoms with E-state index in [0.717, 1.165) is 11.1 Å². The molecule has 0 saturated carbocycles. The Labute approximate surface area is 411 Å². The number of likely N-dealkylation sites (N-methyl/N-ethyl adjacent to an activating group) is 1. The molecular formula is C45H68N14O12. The second kappa shape index (κ2) is 35.4. The first-order valence-corrected chi connectivity index (χ1v) is 22.4. The van der Waals surface area contributed by atoms with Crippen LogP contribution in [0.25, 0.3) is 0 Å². The molecular weight excluding hydrogens is 929 g/mol. The minimum absolute atomic E-state index is 0.0521. The van der Waals surface area contributed by atoms with Crippen molar-refractivity contribution in [3.05, 3.63) is 117 Å². The molecule has 0 spiro atoms. The summed E-state index contributed by atoms with van der Waals surface area (Å²) in [6, 6.07) is 12.9. The van der Waals surface area contributed by atoms with Crippen molar-refractivity contribution in [2.45, 2.75) is 88.6 Å². The lowest BCUT2D eigenvalue weighted by molar-refractivity contribution is -0.485. The number of nitrogens with one attached hydrogen (secondary N) is 7. The average molecular weight is 997 g/mol. The summed E-state index contributed by atoms with van der Waals surface area (Å²) in [5.41, 5.74) is 18.2. The predicted octanol–water partition coefficient (Wildman–Crippen LogP) is -1.35. The first kappa shape index (κ1) is 61.3. The van der Waals surface area contributed by atoms with E-state index in [0.29, 0.717) is 12.8 Å². The van der Waals surface area contributed by atoms with Crippen molar-refractivity contribution in [2.75, 3.05) is 46.6 Å². The topological polar surface area (TPSA) is 394 Å². The van der Waals surface area contributed by atoms with E-state index in [-0.39, 0.29) is 88.7 Å². The SMILES string of the molecule is C=CCOC[C@H](N)C(=O)N[C@H](Cc1ccccc1)C(=O)N[C@@H](CCCN/C(N)=N/[N+](=O)[O-])C(C)=O.C=CCOC[C@H](NC)C(=O)N[C@H](Cc1ccccc1)C(=O)N[C@@H](CCCN/C(N)=N/[N+](=O)[O-])C(C)=O. The Morgan fingerprint density at radius 2 is 0.986 bits per heavy atom. The molecule has 0 aliphatic heterocycles. The van der Waals surface area contributed by atoms with Gasteiger partial charge in [0.25, 0.3) is 11.9 Å². The van der Waals surface area contributed by atoms with Crippen LogP contribution in [0.1, 0.15) is 50.7 Å². The molecule has 6 atom stereocenters. The molecule has 0 radical (unpaired) electrons. The Morgan fingerprint density at radius 1 is 0.620 bits per heavy atom. The third-order valence-electron chi connectivity index (χ3n) is 9.83. The zero-order valence-electron chi connectivity index (χ0n) is 40.2. The molecule has 0 bridgehead atoms. The molecule has 0 unspecified atom stereocenters. The molecule has 13 N–H and O–H groups in total. The highest BCUT2D eigenvalue weighted by Crippen LogP contribution is 2.08. The lowest BCUT2D eigenvalue weighted by atomic mass is 10.0. The van der Waals surface area contributed by atoms with Gasteiger partial charge in [-0.05, 0) is 57.7 Å². The summed E-state index contributed by atoms with van der Waals surface area (Å²) < 4.78 is 10.6. The smallest absolute Gasteiger partial charge is 0.266 e. The maximum Gasteiger partial charge on any atom is 0.266 e. The van der Waals surface area contributed by atoms with Gasteiger partial charge in [-0.15, -0.1) is 13.2 Å². The molecule has 2 aromatic rings. The Morgan fingerprint density at radius 3 is 1.35 bits per heavy atom. The van der Waals surface area contributed by atoms with Gasteiger partial charge >= 0.3 is 0 Å². The number of benzene rings is 2. The molecule has 26 nitrogen and oxygen atoms in total. The minimum atomic E-state index is -0.998. The number of Topliss-reactive ketones (excluding diaryl/α,β-unsaturated/α-hetero) is 2. The summed E-state index contributed by atoms with van der Waals surface area (Å²) in [6.07, 6.45) is 4.70. The second-order valence-electron chi connectivity index (χ2n) is 15.5. The molecule has 71 heavy (non-hydrogen) atoms. The molecule has 2 rings (SSSR count). The highest BCUT2D eigenvalue weighted by atomic mass is 16.7. The molecule has 2 aromatic carbocycles. The first-order chi connectivity index (χ1) is 33.8. The highest BCUT2D eigenvalue weighted by Gasteiger charge is 2.29. The maximum absolute atomic E-state index is 13.2. The van der Waals surface area contributed by atoms with Crippen LogP contribution in [-0.4, -0.2) is 140 Å². The van der Waals surface area contributed by atoms with Gasteiger partial charge in [-0.2, -0.15) is 0 Å². The van der Waals surface area contributed by atoms with Crippen LogP contribution in [0.2, 0.25) is 0 Å². The van der Waals surface area contributed by atoms with Crippen LogP contribution in [0.3, 0.4) is 0 Å². The van der Waals surface area contributed by atoms with Crippen molar-refractivity contribution >= 4 is 47.1 Å². The van der Waals surface area contributed by atoms with Gasteiger partial charge in [0.1, 0.15) is 34.4 Å². The van der Waals surface area contributed by atoms with E-state index in [4.69, 9.17) is 26.7 Å². The molecule has 0 aromatic heterocycles. The number of carbonyl (C=O) groups excluding carboxylic acids is 6. The largest absolute Gasteiger partial charge is 0.375 e. The molecule has 4 amide bonds. The Hall–Kier alpha value is -7.68. The summed E-state index contributed by atoms with van der Waals surface area (Å²) in [4.78, 5) is 96.5. The summed E-state index contributed by atoms with van der Waals surface area (Å²) in [6.45, 7) is 10.7. The van der Waals surface area contributed by atoms with E-state index in [2.05, 4.69) is 60.6 Å². The van der Waals surface area contributed by atoms with Crippen molar-refractivity contribution in [3.63, 3.8) is 0 Å². The molecule has 0 aliphatic rings. The van der Waals surface area contributed by atoms with E-state index in [1.54, 1.807) is 25.3 Å². The maximum atomic E-state index is 13.2. The zero-order chi connectivity index (χ0) is 53.1. The fourth-order valence-corrected chi connectivity index (χ4v) is 6.17. The summed E-state index contributed by atoms with van der Waals surface area (Å²) in [5, 5.41) is 43.3. The van der Waals surface area contributed by atoms with Gasteiger partial charge in [-0.1, -0.05) is 72.8 Å². The van der Waals surface area contributed by atoms with Gasteiger partial charge in [0.15, 0.2) is 21.6 Å². The number of hydrogen-bond donors (Lipinski definition) is 10. The average Bonchev–Trinajstić information content (AvgIpc) is 3.32. The molecule has 0 fully saturated rings. The van der Waals surface area contributed by atoms with Gasteiger partial charge in [0.05, 0.1) is 38.5 Å². The van der Waals surface area contributed by atoms with Crippen LogP contribution in [0.4, 0.5) is 0 Å². The summed E-state index contributed by atoms with van der Waals surface area (Å²) >= 11 is 0. The van der Waals surface area contributed by atoms with Crippen molar-refractivity contribution in [1.82, 2.24) is 37.2 Å². The zero-order valence-corrected chi connectivity index (χ0v) is 40.2. The van der Waals surface area contributed by atoms with Gasteiger partial charge in [0, 0.05) is 25.9 Å². The third-order valence-corrected chi connectivity index (χ3v) is 9.83. The summed E-state index contributed by atoms with van der Waals surface area (Å²) in [5.74, 6) is -3.35. The normalized spacial score (nSPS) is 13.7. The molecule has 390 valence electrons. The number of nitro groups is 2. The van der Waals surface area contributed by atoms with E-state index in [1.807, 2.05) is 48.5 Å². The number of ketones is 2. The lowest BCUT2D eigenvalue weighted by Crippen LogP contribution is -2.56. The quantitative estimate of drug-likeness (QED) is 0.00987. The van der Waals surface area contributed by atoms with Gasteiger partial charge < -0.3 is 63.9 Å². The number of ether oxygens (including phenoxy) is 2. The fraction of sp³-hybridized carbons (Fsp3) is 0.467. The van der Waals surface area contributed by atoms with E-state index < -0.39 is 69.9 Å². The monoisotopic (exact) mass is 997 g/mol. The number of hydrazone groups is 2. The van der Waals surface area contributed by atoms with E-state index >= 15 is 0 Å². The Kier molecular flexibility index (Phi) is 30.6. The standard InChI is InChI=1S/C23H35N7O6.C22H33N7O6/c1-4-13-36-15-20(25-3)22(33)28-19(14-17-9-6-5-7-10-17)21(32)27-18(16(2)31)11-8-12-26-23(24)29-30(34)35;1-3-12-35-14-17(23)20(31)27-19(13-16-8-5-4-6-9-16)21(32)26-18(15(2)30)10-7-11-25-22(24)28-29(33)34/h4-7,9-10,18-20,25H,1,8,11-15H2,2-3H3,(H,27,32)(H,28,33)(H3,24,26,29);3-6,8-9,17-19H,1,7,10-14,23H2,2H3,(H,26,32)(H,27,31)(H3,24,25,28)/t18-,19+,20-;17-,18-,19+/m00/s1. The molecule has 0 saturated heterocycles. The minimum Gasteiger partial charge on any atom is -0.375 e. The predicted molar refractivity (Wildman–Crippen MR) is 264 cm³/mol. The van der Waals surface area contributed by atoms with Crippen molar-refractivity contribution < 1.29 is 48.3 Å². The lowest BCUT2D eigenvalue weighted by Gasteiger charge is -2.24. The van der Waals surface area contributed by atoms with Crippen molar-refractivity contribution in [1.29, 1.82) is 0 Å². The number of rotatable bonds is 33. The number of nitrogens with two attached hydrogens (primary N) is 3. The number of guanidine groups is 2. The van der Waals surface area contributed by atoms with Crippen LogP contribution in [0.5, 0.6) is 0 Å². The van der Waals surface area contributed by atoms with Crippen molar-refractivity contribution in [3.8, 4) is 0 Å². The van der Waals surface area contributed by atoms with Gasteiger partial charge in [-0.3, -0.25) is 28.8 Å². The van der Waals surface area contributed by atoms with Gasteiger partial charge in [0.2, 0.25) is 23.6 Å². The number of nitrogens with zero attached hydrogens (tertiary/aromatic N) is 4. The number of carbonyl (C=O) groups is 6. The molecule has 26 heteroatoms. The second-order valence-corrected chi connectivity index (χ2v) is 15.5. The molecule has 0 aliphatic carbocycles. The van der Waals surface area contributed by atoms with Crippen LogP contribution in [0, 0.1) is 20.2 Å². The fourth-order valence-electron chi connectivity index (χ4n) is 6.17. The number of hydrogen-bond acceptors (Lipinski definition) is 14. The van der Waals surface area contributed by atoms with Crippen LogP contribution >= 0.6 is 0 Å². The van der Waals surface area contributed by atoms with Crippen LogP contribution < -0.4 is 54.4 Å². The number of amides is 4. The van der Waals surface area contributed by atoms with Gasteiger partial charge in [-0.25, -0.2) is 20.2 Å². The highest BCUT2D eigenvalue weighted by molar-refractivity contribution is 5.94. The third kappa shape index (κ3) is 27.8. The van der Waals surface area contributed by atoms with E-state index in [9.17, 15) is 49.0 Å². The van der Waals surface area contributed by atoms with Crippen molar-refractivity contribution in [2.24, 2.45) is 27.4 Å². The first-order valence-electron chi connectivity index (χ1n) is 22.4. The van der Waals surface area contributed by atoms with Crippen LogP contribution in [0.15, 0.2) is 96.2 Å². The Bertz CT molecular complexity index is 2100. The molecule has 0 heterocycles.